The molecule has 344 valence electrons. The summed E-state index contributed by atoms with van der Waals surface area (Å²) in [6, 6.07) is 105. The van der Waals surface area contributed by atoms with Crippen molar-refractivity contribution in [1.82, 2.24) is 0 Å². The zero-order valence-electron chi connectivity index (χ0n) is 40.4. The summed E-state index contributed by atoms with van der Waals surface area (Å²) >= 11 is 0. The fourth-order valence-electron chi connectivity index (χ4n) is 10.0. The van der Waals surface area contributed by atoms with Crippen LogP contribution in [0.15, 0.2) is 291 Å². The Morgan fingerprint density at radius 3 is 0.726 bits per heavy atom. The molecule has 1 heteroatoms. The molecule has 0 bridgehead atoms. The SMILES string of the molecule is C(=C(\c1ccccc1)c1ccc2ccccc2c1)/c1ccc(N(c2ccc(/C=C(/c3ccccc3)c3ccc4ccccc4c3)cc2)c2ccc(/C=C(/c3ccccc3)c3ccc4ccccc4c3)cc2)cc1. The lowest BCUT2D eigenvalue weighted by Gasteiger charge is -2.26. The molecule has 0 N–H and O–H groups in total. The number of hydrogen-bond donors (Lipinski definition) is 0. The maximum atomic E-state index is 2.36. The average Bonchev–Trinajstić information content (AvgIpc) is 3.46. The number of hydrogen-bond acceptors (Lipinski definition) is 1. The minimum atomic E-state index is 1.07. The Kier molecular flexibility index (Phi) is 12.5. The topological polar surface area (TPSA) is 3.24 Å². The van der Waals surface area contributed by atoms with Gasteiger partial charge in [-0.3, -0.25) is 0 Å². The van der Waals surface area contributed by atoms with Gasteiger partial charge >= 0.3 is 0 Å². The molecule has 0 aliphatic heterocycles. The number of rotatable bonds is 12. The summed E-state index contributed by atoms with van der Waals surface area (Å²) in [7, 11) is 0. The molecule has 0 atom stereocenters. The van der Waals surface area contributed by atoms with Crippen LogP contribution in [-0.4, -0.2) is 0 Å². The second-order valence-electron chi connectivity index (χ2n) is 18.6. The summed E-state index contributed by atoms with van der Waals surface area (Å²) in [5.41, 5.74) is 17.2. The van der Waals surface area contributed by atoms with Crippen LogP contribution in [0.2, 0.25) is 0 Å². The fraction of sp³-hybridized carbons (Fsp3) is 0. The zero-order chi connectivity index (χ0) is 48.8. The third kappa shape index (κ3) is 9.82. The molecule has 0 aliphatic carbocycles. The van der Waals surface area contributed by atoms with Crippen molar-refractivity contribution in [2.45, 2.75) is 0 Å². The highest BCUT2D eigenvalue weighted by atomic mass is 15.1. The number of benzene rings is 12. The molecule has 0 aliphatic rings. The van der Waals surface area contributed by atoms with Crippen LogP contribution in [0.5, 0.6) is 0 Å². The van der Waals surface area contributed by atoms with E-state index in [1.54, 1.807) is 0 Å². The first-order valence-corrected chi connectivity index (χ1v) is 25.0. The van der Waals surface area contributed by atoms with Gasteiger partial charge in [-0.25, -0.2) is 0 Å². The van der Waals surface area contributed by atoms with Crippen molar-refractivity contribution in [1.29, 1.82) is 0 Å². The smallest absolute Gasteiger partial charge is 0.0462 e. The van der Waals surface area contributed by atoms with Gasteiger partial charge in [0.2, 0.25) is 0 Å². The van der Waals surface area contributed by atoms with E-state index in [-0.39, 0.29) is 0 Å². The van der Waals surface area contributed by atoms with Crippen molar-refractivity contribution >= 4 is 84.3 Å². The van der Waals surface area contributed by atoms with Gasteiger partial charge in [0.25, 0.3) is 0 Å². The molecule has 12 rings (SSSR count). The molecule has 0 unspecified atom stereocenters. The molecule has 12 aromatic carbocycles. The van der Waals surface area contributed by atoms with Crippen LogP contribution in [0.25, 0.3) is 67.3 Å². The molecule has 0 saturated carbocycles. The van der Waals surface area contributed by atoms with Crippen LogP contribution in [0.3, 0.4) is 0 Å². The predicted octanol–water partition coefficient (Wildman–Crippen LogP) is 19.4. The Labute approximate surface area is 428 Å². The molecule has 1 nitrogen and oxygen atoms in total. The van der Waals surface area contributed by atoms with Crippen LogP contribution in [0, 0.1) is 0 Å². The molecule has 12 aromatic rings. The Bertz CT molecular complexity index is 3540. The average molecular weight is 930 g/mol. The zero-order valence-corrected chi connectivity index (χ0v) is 40.4. The van der Waals surface area contributed by atoms with Gasteiger partial charge in [-0.2, -0.15) is 0 Å². The van der Waals surface area contributed by atoms with Gasteiger partial charge in [-0.05, 0) is 172 Å². The number of fused-ring (bicyclic) bond motifs is 3. The predicted molar refractivity (Wildman–Crippen MR) is 313 cm³/mol. The quantitative estimate of drug-likeness (QED) is 0.110. The highest BCUT2D eigenvalue weighted by Crippen LogP contribution is 2.38. The summed E-state index contributed by atoms with van der Waals surface area (Å²) < 4.78 is 0. The lowest BCUT2D eigenvalue weighted by molar-refractivity contribution is 1.28. The van der Waals surface area contributed by atoms with Crippen molar-refractivity contribution in [3.8, 4) is 0 Å². The summed E-state index contributed by atoms with van der Waals surface area (Å²) in [6.45, 7) is 0. The van der Waals surface area contributed by atoms with Gasteiger partial charge in [0.05, 0.1) is 0 Å². The highest BCUT2D eigenvalue weighted by Gasteiger charge is 2.15. The van der Waals surface area contributed by atoms with E-state index in [1.807, 2.05) is 0 Å². The summed E-state index contributed by atoms with van der Waals surface area (Å²) in [4.78, 5) is 2.36. The van der Waals surface area contributed by atoms with Gasteiger partial charge in [0.1, 0.15) is 0 Å². The van der Waals surface area contributed by atoms with E-state index in [0.29, 0.717) is 0 Å². The standard InChI is InChI=1S/C72H51N/c1-4-19-58(20-5-1)70(64-37-34-55-16-10-13-25-61(55)49-64)46-52-28-40-67(41-29-52)73(68-42-30-53(31-43-68)47-71(59-21-6-2-7-22-59)65-38-35-56-17-11-14-26-62(56)50-65)69-44-32-54(33-45-69)48-72(60-23-8-3-9-24-60)66-39-36-57-18-12-15-27-63(57)51-66/h1-51H/b70-46-,71-47-,72-48-. The minimum absolute atomic E-state index is 1.07. The summed E-state index contributed by atoms with van der Waals surface area (Å²) in [6.07, 6.45) is 6.95. The monoisotopic (exact) mass is 929 g/mol. The van der Waals surface area contributed by atoms with E-state index >= 15 is 0 Å². The molecule has 0 amide bonds. The Morgan fingerprint density at radius 1 is 0.205 bits per heavy atom. The third-order valence-electron chi connectivity index (χ3n) is 13.8. The molecular formula is C72H51N. The fourth-order valence-corrected chi connectivity index (χ4v) is 10.0. The largest absolute Gasteiger partial charge is 0.311 e. The van der Waals surface area contributed by atoms with Crippen molar-refractivity contribution < 1.29 is 0 Å². The molecule has 0 spiro atoms. The van der Waals surface area contributed by atoms with Gasteiger partial charge in [0, 0.05) is 17.1 Å². The molecule has 0 saturated heterocycles. The van der Waals surface area contributed by atoms with Gasteiger partial charge in [-0.1, -0.05) is 237 Å². The van der Waals surface area contributed by atoms with Crippen LogP contribution in [-0.2, 0) is 0 Å². The van der Waals surface area contributed by atoms with E-state index in [2.05, 4.69) is 314 Å². The third-order valence-corrected chi connectivity index (χ3v) is 13.8. The molecule has 0 heterocycles. The molecular weight excluding hydrogens is 879 g/mol. The maximum absolute atomic E-state index is 2.36. The van der Waals surface area contributed by atoms with Crippen molar-refractivity contribution in [3.05, 3.63) is 341 Å². The molecule has 73 heavy (non-hydrogen) atoms. The second-order valence-corrected chi connectivity index (χ2v) is 18.6. The Balaban J connectivity index is 0.937. The summed E-state index contributed by atoms with van der Waals surface area (Å²) in [5, 5.41) is 7.39. The van der Waals surface area contributed by atoms with Gasteiger partial charge in [0.15, 0.2) is 0 Å². The van der Waals surface area contributed by atoms with Crippen LogP contribution >= 0.6 is 0 Å². The molecule has 0 aromatic heterocycles. The second kappa shape index (κ2) is 20.4. The van der Waals surface area contributed by atoms with Crippen molar-refractivity contribution in [3.63, 3.8) is 0 Å². The van der Waals surface area contributed by atoms with Crippen LogP contribution < -0.4 is 4.90 Å². The molecule has 0 fully saturated rings. The molecule has 0 radical (unpaired) electrons. The first-order valence-electron chi connectivity index (χ1n) is 25.0. The lowest BCUT2D eigenvalue weighted by atomic mass is 9.93. The first kappa shape index (κ1) is 44.6. The first-order chi connectivity index (χ1) is 36.1. The van der Waals surface area contributed by atoms with Gasteiger partial charge in [-0.15, -0.1) is 0 Å². The van der Waals surface area contributed by atoms with E-state index in [4.69, 9.17) is 0 Å². The number of nitrogens with zero attached hydrogens (tertiary/aromatic N) is 1. The van der Waals surface area contributed by atoms with E-state index in [9.17, 15) is 0 Å². The van der Waals surface area contributed by atoms with E-state index < -0.39 is 0 Å². The Hall–Kier alpha value is -9.56. The summed E-state index contributed by atoms with van der Waals surface area (Å²) in [5.74, 6) is 0. The normalized spacial score (nSPS) is 12.1. The maximum Gasteiger partial charge on any atom is 0.0462 e. The minimum Gasteiger partial charge on any atom is -0.311 e. The van der Waals surface area contributed by atoms with Crippen LogP contribution in [0.1, 0.15) is 50.1 Å². The highest BCUT2D eigenvalue weighted by molar-refractivity contribution is 5.98. The Morgan fingerprint density at radius 2 is 0.452 bits per heavy atom. The van der Waals surface area contributed by atoms with Crippen LogP contribution in [0.4, 0.5) is 17.1 Å². The van der Waals surface area contributed by atoms with Crippen molar-refractivity contribution in [2.75, 3.05) is 4.90 Å². The van der Waals surface area contributed by atoms with E-state index in [0.717, 1.165) is 33.8 Å². The van der Waals surface area contributed by atoms with E-state index in [1.165, 1.54) is 82.4 Å². The number of anilines is 3. The van der Waals surface area contributed by atoms with Gasteiger partial charge < -0.3 is 4.90 Å². The van der Waals surface area contributed by atoms with Crippen molar-refractivity contribution in [2.24, 2.45) is 0 Å². The lowest BCUT2D eigenvalue weighted by Crippen LogP contribution is -2.09.